The Hall–Kier alpha value is -2.24. The number of hydrogen-bond acceptors (Lipinski definition) is 5. The highest BCUT2D eigenvalue weighted by molar-refractivity contribution is 5.92. The summed E-state index contributed by atoms with van der Waals surface area (Å²) in [5, 5.41) is 0. The van der Waals surface area contributed by atoms with Gasteiger partial charge in [-0.15, -0.1) is 0 Å². The van der Waals surface area contributed by atoms with Gasteiger partial charge in [0, 0.05) is 18.3 Å². The number of carbonyl (C=O) groups is 3. The van der Waals surface area contributed by atoms with Crippen LogP contribution in [0.2, 0.25) is 0 Å². The fourth-order valence-corrected chi connectivity index (χ4v) is 8.67. The number of Topliss-reactive ketones (excluding diaryl/α,β-unsaturated/α-hetero) is 1. The maximum atomic E-state index is 16.9. The number of allylic oxidation sites excluding steroid dienone is 1. The van der Waals surface area contributed by atoms with Gasteiger partial charge < -0.3 is 9.15 Å². The molecule has 1 aromatic heterocycles. The fraction of sp³-hybridized carbons (Fsp3) is 0.667. The summed E-state index contributed by atoms with van der Waals surface area (Å²) in [6.07, 6.45) is 6.45. The van der Waals surface area contributed by atoms with Gasteiger partial charge in [0.1, 0.15) is 5.76 Å². The molecule has 3 fully saturated rings. The largest absolute Gasteiger partial charge is 0.466 e. The van der Waals surface area contributed by atoms with Crippen molar-refractivity contribution in [3.8, 4) is 0 Å². The molecule has 5 nitrogen and oxygen atoms in total. The molecule has 1 aromatic rings. The molecule has 0 bridgehead atoms. The third kappa shape index (κ3) is 2.98. The molecule has 5 rings (SSSR count). The predicted molar refractivity (Wildman–Crippen MR) is 119 cm³/mol. The van der Waals surface area contributed by atoms with Gasteiger partial charge in [-0.2, -0.15) is 0 Å². The molecule has 4 aliphatic rings. The van der Waals surface area contributed by atoms with E-state index in [9.17, 15) is 14.4 Å². The van der Waals surface area contributed by atoms with Gasteiger partial charge in [-0.05, 0) is 80.9 Å². The van der Waals surface area contributed by atoms with E-state index in [1.165, 1.54) is 20.1 Å². The van der Waals surface area contributed by atoms with E-state index in [2.05, 4.69) is 13.8 Å². The Morgan fingerprint density at radius 2 is 2.00 bits per heavy atom. The lowest BCUT2D eigenvalue weighted by Gasteiger charge is -2.59. The van der Waals surface area contributed by atoms with Crippen molar-refractivity contribution in [2.45, 2.75) is 77.5 Å². The van der Waals surface area contributed by atoms with Crippen LogP contribution < -0.4 is 0 Å². The van der Waals surface area contributed by atoms with Crippen LogP contribution in [0.25, 0.3) is 0 Å². The lowest BCUT2D eigenvalue weighted by Crippen LogP contribution is -2.60. The summed E-state index contributed by atoms with van der Waals surface area (Å²) >= 11 is 0. The second-order valence-electron chi connectivity index (χ2n) is 11.2. The molecule has 0 saturated heterocycles. The van der Waals surface area contributed by atoms with Crippen LogP contribution in [0, 0.1) is 35.0 Å². The highest BCUT2D eigenvalue weighted by Gasteiger charge is 2.69. The molecule has 178 valence electrons. The van der Waals surface area contributed by atoms with Crippen LogP contribution >= 0.6 is 0 Å². The average molecular weight is 457 g/mol. The number of rotatable bonds is 3. The first-order valence-electron chi connectivity index (χ1n) is 12.2. The summed E-state index contributed by atoms with van der Waals surface area (Å²) in [4.78, 5) is 37.5. The molecule has 0 spiro atoms. The van der Waals surface area contributed by atoms with E-state index >= 15 is 4.39 Å². The molecular formula is C27H33FO5. The summed E-state index contributed by atoms with van der Waals surface area (Å²) in [5.41, 5.74) is -2.56. The third-order valence-corrected chi connectivity index (χ3v) is 9.60. The van der Waals surface area contributed by atoms with E-state index in [1.807, 2.05) is 0 Å². The monoisotopic (exact) mass is 456 g/mol. The Morgan fingerprint density at radius 1 is 1.24 bits per heavy atom. The van der Waals surface area contributed by atoms with Crippen LogP contribution in [0.4, 0.5) is 4.39 Å². The Balaban J connectivity index is 1.59. The van der Waals surface area contributed by atoms with Crippen molar-refractivity contribution in [3.05, 3.63) is 35.8 Å². The van der Waals surface area contributed by atoms with Crippen molar-refractivity contribution >= 4 is 17.5 Å². The van der Waals surface area contributed by atoms with Crippen LogP contribution in [0.5, 0.6) is 0 Å². The highest BCUT2D eigenvalue weighted by Crippen LogP contribution is 2.69. The van der Waals surface area contributed by atoms with E-state index in [-0.39, 0.29) is 47.4 Å². The molecule has 6 heteroatoms. The van der Waals surface area contributed by atoms with E-state index in [4.69, 9.17) is 9.15 Å². The zero-order chi connectivity index (χ0) is 23.8. The Labute approximate surface area is 194 Å². The first kappa shape index (κ1) is 22.5. The number of furan rings is 1. The number of halogens is 1. The molecule has 0 aromatic carbocycles. The van der Waals surface area contributed by atoms with Crippen LogP contribution in [-0.4, -0.2) is 23.1 Å². The van der Waals surface area contributed by atoms with Gasteiger partial charge >= 0.3 is 5.97 Å². The van der Waals surface area contributed by atoms with Crippen molar-refractivity contribution in [1.82, 2.24) is 0 Å². The number of esters is 1. The van der Waals surface area contributed by atoms with Crippen LogP contribution in [0.3, 0.4) is 0 Å². The Kier molecular flexibility index (Phi) is 5.04. The molecule has 4 unspecified atom stereocenters. The third-order valence-electron chi connectivity index (χ3n) is 9.60. The molecular weight excluding hydrogens is 423 g/mol. The summed E-state index contributed by atoms with van der Waals surface area (Å²) in [6, 6.07) is 3.33. The quantitative estimate of drug-likeness (QED) is 0.575. The lowest BCUT2D eigenvalue weighted by molar-refractivity contribution is -0.191. The molecule has 33 heavy (non-hydrogen) atoms. The van der Waals surface area contributed by atoms with Crippen molar-refractivity contribution < 1.29 is 27.9 Å². The first-order valence-corrected chi connectivity index (χ1v) is 12.2. The maximum Gasteiger partial charge on any atom is 0.303 e. The minimum atomic E-state index is -1.86. The number of hydrogen-bond donors (Lipinski definition) is 0. The summed E-state index contributed by atoms with van der Waals surface area (Å²) in [6.45, 7) is 7.14. The second-order valence-corrected chi connectivity index (χ2v) is 11.2. The molecule has 0 radical (unpaired) electrons. The van der Waals surface area contributed by atoms with Gasteiger partial charge in [0.2, 0.25) is 0 Å². The van der Waals surface area contributed by atoms with Crippen LogP contribution in [0.15, 0.2) is 34.5 Å². The molecule has 3 saturated carbocycles. The van der Waals surface area contributed by atoms with Gasteiger partial charge in [0.05, 0.1) is 12.7 Å². The predicted octanol–water partition coefficient (Wildman–Crippen LogP) is 5.33. The molecule has 0 amide bonds. The SMILES string of the molecule is CC(=O)O[C@]1(C(C)=O)CC[C@H]2C3CCC4=CC(=O)CC(F)(c5ccco5)C4[C@H]3[C@@H](C)CC21C. The van der Waals surface area contributed by atoms with Crippen molar-refractivity contribution in [1.29, 1.82) is 0 Å². The van der Waals surface area contributed by atoms with Crippen molar-refractivity contribution in [2.24, 2.45) is 35.0 Å². The number of fused-ring (bicyclic) bond motifs is 5. The standard InChI is InChI=1S/C27H33FO5/c1-15-13-25(4)21(9-10-27(25,16(2)29)33-17(3)30)20-8-7-18-12-19(31)14-26(28,24(18)23(15)20)22-6-5-11-32-22/h5-6,11-12,15,20-21,23-24H,7-10,13-14H2,1-4H3/t15-,20?,21-,23-,24?,25?,26?,27-/m0/s1. The number of alkyl halides is 1. The number of carbonyl (C=O) groups excluding carboxylic acids is 3. The summed E-state index contributed by atoms with van der Waals surface area (Å²) < 4.78 is 28.3. The van der Waals surface area contributed by atoms with Gasteiger partial charge in [-0.1, -0.05) is 19.4 Å². The minimum Gasteiger partial charge on any atom is -0.466 e. The zero-order valence-corrected chi connectivity index (χ0v) is 19.9. The smallest absolute Gasteiger partial charge is 0.303 e. The summed E-state index contributed by atoms with van der Waals surface area (Å²) in [7, 11) is 0. The van der Waals surface area contributed by atoms with Crippen molar-refractivity contribution in [2.75, 3.05) is 0 Å². The molecule has 0 N–H and O–H groups in total. The zero-order valence-electron chi connectivity index (χ0n) is 19.9. The van der Waals surface area contributed by atoms with E-state index in [0.717, 1.165) is 18.4 Å². The van der Waals surface area contributed by atoms with Gasteiger partial charge in [0.15, 0.2) is 22.8 Å². The Bertz CT molecular complexity index is 1030. The minimum absolute atomic E-state index is 0.0337. The molecule has 4 aliphatic carbocycles. The van der Waals surface area contributed by atoms with Crippen LogP contribution in [-0.2, 0) is 24.8 Å². The normalized spacial score (nSPS) is 44.3. The lowest BCUT2D eigenvalue weighted by atomic mass is 9.46. The first-order chi connectivity index (χ1) is 15.5. The molecule has 1 heterocycles. The fourth-order valence-electron chi connectivity index (χ4n) is 8.67. The van der Waals surface area contributed by atoms with Gasteiger partial charge in [0.25, 0.3) is 0 Å². The van der Waals surface area contributed by atoms with E-state index in [1.54, 1.807) is 18.2 Å². The molecule has 8 atom stereocenters. The Morgan fingerprint density at radius 3 is 2.64 bits per heavy atom. The second kappa shape index (κ2) is 7.38. The van der Waals surface area contributed by atoms with Gasteiger partial charge in [-0.3, -0.25) is 14.4 Å². The summed E-state index contributed by atoms with van der Waals surface area (Å²) in [5.74, 6) is -0.415. The number of ether oxygens (including phenoxy) is 1. The van der Waals surface area contributed by atoms with E-state index < -0.39 is 28.6 Å². The van der Waals surface area contributed by atoms with E-state index in [0.29, 0.717) is 19.3 Å². The van der Waals surface area contributed by atoms with Crippen molar-refractivity contribution in [3.63, 3.8) is 0 Å². The number of ketones is 2. The topological polar surface area (TPSA) is 73.6 Å². The van der Waals surface area contributed by atoms with Gasteiger partial charge in [-0.25, -0.2) is 4.39 Å². The molecule has 0 aliphatic heterocycles. The average Bonchev–Trinajstić information content (AvgIpc) is 3.35. The highest BCUT2D eigenvalue weighted by atomic mass is 19.1. The maximum absolute atomic E-state index is 16.9. The van der Waals surface area contributed by atoms with Crippen LogP contribution in [0.1, 0.15) is 72.0 Å².